The van der Waals surface area contributed by atoms with Crippen molar-refractivity contribution in [2.75, 3.05) is 5.32 Å². The Bertz CT molecular complexity index is 819. The van der Waals surface area contributed by atoms with Gasteiger partial charge in [0, 0.05) is 12.1 Å². The van der Waals surface area contributed by atoms with E-state index in [2.05, 4.69) is 12.2 Å². The molecule has 0 saturated carbocycles. The largest absolute Gasteiger partial charge is 0.378 e. The van der Waals surface area contributed by atoms with Gasteiger partial charge in [0.25, 0.3) is 0 Å². The van der Waals surface area contributed by atoms with Crippen LogP contribution >= 0.6 is 22.6 Å². The normalized spacial score (nSPS) is 11.1. The highest BCUT2D eigenvalue weighted by atomic mass is 127. The number of anilines is 1. The molecule has 2 aromatic rings. The second kappa shape index (κ2) is 9.19. The lowest BCUT2D eigenvalue weighted by atomic mass is 10.2. The highest BCUT2D eigenvalue weighted by Crippen LogP contribution is 2.24. The Labute approximate surface area is 162 Å². The summed E-state index contributed by atoms with van der Waals surface area (Å²) in [5.41, 5.74) is 0.565. The molecule has 0 atom stereocenters. The van der Waals surface area contributed by atoms with E-state index >= 15 is 0 Å². The summed E-state index contributed by atoms with van der Waals surface area (Å²) in [4.78, 5) is 11.8. The summed E-state index contributed by atoms with van der Waals surface area (Å²) < 4.78 is 30.6. The first-order chi connectivity index (χ1) is 11.9. The Kier molecular flexibility index (Phi) is 7.24. The fraction of sp³-hybridized carbons (Fsp3) is 0.278. The molecule has 7 heteroatoms. The van der Waals surface area contributed by atoms with Crippen molar-refractivity contribution in [3.8, 4) is 5.75 Å². The standard InChI is InChI=1S/C18H20INO4S/c1-2-3-4-9-18(21)20-14-10-12-15(13-11-14)25(22,23)24-17-8-6-5-7-16(17)19/h5-8,10-13H,2-4,9H2,1H3,(H,20,21). The lowest BCUT2D eigenvalue weighted by Gasteiger charge is -2.09. The van der Waals surface area contributed by atoms with Gasteiger partial charge >= 0.3 is 10.1 Å². The van der Waals surface area contributed by atoms with E-state index in [1.54, 1.807) is 36.4 Å². The van der Waals surface area contributed by atoms with Crippen LogP contribution in [-0.4, -0.2) is 14.3 Å². The van der Waals surface area contributed by atoms with Crippen LogP contribution in [0.15, 0.2) is 53.4 Å². The van der Waals surface area contributed by atoms with Crippen molar-refractivity contribution in [2.45, 2.75) is 37.5 Å². The third-order valence-electron chi connectivity index (χ3n) is 3.47. The van der Waals surface area contributed by atoms with Crippen LogP contribution in [0.4, 0.5) is 5.69 Å². The van der Waals surface area contributed by atoms with Gasteiger partial charge in [0.05, 0.1) is 3.57 Å². The summed E-state index contributed by atoms with van der Waals surface area (Å²) in [6, 6.07) is 12.9. The van der Waals surface area contributed by atoms with Crippen molar-refractivity contribution in [2.24, 2.45) is 0 Å². The maximum absolute atomic E-state index is 12.3. The first-order valence-electron chi connectivity index (χ1n) is 8.01. The van der Waals surface area contributed by atoms with Gasteiger partial charge in [-0.3, -0.25) is 4.79 Å². The molecular weight excluding hydrogens is 453 g/mol. The maximum atomic E-state index is 12.3. The van der Waals surface area contributed by atoms with E-state index in [0.29, 0.717) is 15.7 Å². The molecule has 1 amide bonds. The summed E-state index contributed by atoms with van der Waals surface area (Å²) in [6.07, 6.45) is 3.38. The molecule has 0 unspecified atom stereocenters. The SMILES string of the molecule is CCCCCC(=O)Nc1ccc(S(=O)(=O)Oc2ccccc2I)cc1. The summed E-state index contributed by atoms with van der Waals surface area (Å²) in [7, 11) is -3.92. The number of para-hydroxylation sites is 1. The number of rotatable bonds is 8. The van der Waals surface area contributed by atoms with Gasteiger partial charge in [-0.2, -0.15) is 8.42 Å². The van der Waals surface area contributed by atoms with Gasteiger partial charge in [-0.1, -0.05) is 31.9 Å². The van der Waals surface area contributed by atoms with Crippen LogP contribution in [0.2, 0.25) is 0 Å². The predicted octanol–water partition coefficient (Wildman–Crippen LogP) is 4.58. The quantitative estimate of drug-likeness (QED) is 0.346. The minimum Gasteiger partial charge on any atom is -0.378 e. The summed E-state index contributed by atoms with van der Waals surface area (Å²) in [5.74, 6) is 0.218. The number of carbonyl (C=O) groups is 1. The smallest absolute Gasteiger partial charge is 0.339 e. The molecule has 0 saturated heterocycles. The highest BCUT2D eigenvalue weighted by Gasteiger charge is 2.18. The van der Waals surface area contributed by atoms with E-state index in [0.717, 1.165) is 19.3 Å². The molecule has 1 N–H and O–H groups in total. The monoisotopic (exact) mass is 473 g/mol. The van der Waals surface area contributed by atoms with Crippen LogP contribution in [0.1, 0.15) is 32.6 Å². The first-order valence-corrected chi connectivity index (χ1v) is 10.5. The van der Waals surface area contributed by atoms with Gasteiger partial charge in [-0.15, -0.1) is 0 Å². The van der Waals surface area contributed by atoms with Crippen LogP contribution in [0.3, 0.4) is 0 Å². The minimum absolute atomic E-state index is 0.0381. The van der Waals surface area contributed by atoms with Crippen molar-refractivity contribution in [1.82, 2.24) is 0 Å². The topological polar surface area (TPSA) is 72.5 Å². The van der Waals surface area contributed by atoms with E-state index in [1.165, 1.54) is 12.1 Å². The zero-order valence-corrected chi connectivity index (χ0v) is 16.8. The van der Waals surface area contributed by atoms with Crippen LogP contribution in [-0.2, 0) is 14.9 Å². The summed E-state index contributed by atoms with van der Waals surface area (Å²) >= 11 is 2.01. The molecule has 0 aliphatic heterocycles. The molecule has 134 valence electrons. The highest BCUT2D eigenvalue weighted by molar-refractivity contribution is 14.1. The number of amides is 1. The number of unbranched alkanes of at least 4 members (excludes halogenated alkanes) is 2. The molecule has 0 aliphatic carbocycles. The maximum Gasteiger partial charge on any atom is 0.339 e. The van der Waals surface area contributed by atoms with Crippen LogP contribution in [0, 0.1) is 3.57 Å². The summed E-state index contributed by atoms with van der Waals surface area (Å²) in [5, 5.41) is 2.76. The van der Waals surface area contributed by atoms with Gasteiger partial charge in [0.2, 0.25) is 5.91 Å². The Morgan fingerprint density at radius 3 is 2.40 bits per heavy atom. The fourth-order valence-electron chi connectivity index (χ4n) is 2.14. The third kappa shape index (κ3) is 6.00. The molecule has 2 rings (SSSR count). The van der Waals surface area contributed by atoms with Crippen molar-refractivity contribution in [3.05, 3.63) is 52.1 Å². The zero-order chi connectivity index (χ0) is 18.3. The lowest BCUT2D eigenvalue weighted by Crippen LogP contribution is -2.12. The average molecular weight is 473 g/mol. The molecule has 2 aromatic carbocycles. The minimum atomic E-state index is -3.92. The predicted molar refractivity (Wildman–Crippen MR) is 106 cm³/mol. The number of nitrogens with one attached hydrogen (secondary N) is 1. The zero-order valence-electron chi connectivity index (χ0n) is 13.9. The van der Waals surface area contributed by atoms with Crippen LogP contribution in [0.5, 0.6) is 5.75 Å². The Morgan fingerprint density at radius 2 is 1.76 bits per heavy atom. The van der Waals surface area contributed by atoms with E-state index in [-0.39, 0.29) is 16.6 Å². The van der Waals surface area contributed by atoms with Gasteiger partial charge in [-0.05, 0) is 65.4 Å². The van der Waals surface area contributed by atoms with Gasteiger partial charge < -0.3 is 9.50 Å². The van der Waals surface area contributed by atoms with Crippen molar-refractivity contribution in [3.63, 3.8) is 0 Å². The second-order valence-corrected chi connectivity index (χ2v) is 8.21. The van der Waals surface area contributed by atoms with Crippen LogP contribution < -0.4 is 9.50 Å². The molecule has 5 nitrogen and oxygen atoms in total. The number of hydrogen-bond donors (Lipinski definition) is 1. The van der Waals surface area contributed by atoms with Crippen molar-refractivity contribution >= 4 is 44.3 Å². The Balaban J connectivity index is 2.03. The summed E-state index contributed by atoms with van der Waals surface area (Å²) in [6.45, 7) is 2.08. The molecule has 0 radical (unpaired) electrons. The molecule has 0 aliphatic rings. The molecule has 0 aromatic heterocycles. The third-order valence-corrected chi connectivity index (χ3v) is 5.61. The number of carbonyl (C=O) groups excluding carboxylic acids is 1. The Hall–Kier alpha value is -1.61. The number of hydrogen-bond acceptors (Lipinski definition) is 4. The Morgan fingerprint density at radius 1 is 1.08 bits per heavy atom. The second-order valence-electron chi connectivity index (χ2n) is 5.50. The van der Waals surface area contributed by atoms with Gasteiger partial charge in [0.1, 0.15) is 4.90 Å². The van der Waals surface area contributed by atoms with Gasteiger partial charge in [0.15, 0.2) is 5.75 Å². The first kappa shape index (κ1) is 19.7. The fourth-order valence-corrected chi connectivity index (χ4v) is 3.74. The average Bonchev–Trinajstić information content (AvgIpc) is 2.57. The number of halogens is 1. The van der Waals surface area contributed by atoms with Gasteiger partial charge in [-0.25, -0.2) is 0 Å². The molecule has 0 spiro atoms. The van der Waals surface area contributed by atoms with Crippen LogP contribution in [0.25, 0.3) is 0 Å². The van der Waals surface area contributed by atoms with Crippen molar-refractivity contribution < 1.29 is 17.4 Å². The van der Waals surface area contributed by atoms with E-state index < -0.39 is 10.1 Å². The molecular formula is C18H20INO4S. The molecule has 0 heterocycles. The van der Waals surface area contributed by atoms with E-state index in [4.69, 9.17) is 4.18 Å². The number of benzene rings is 2. The molecule has 25 heavy (non-hydrogen) atoms. The van der Waals surface area contributed by atoms with E-state index in [1.807, 2.05) is 22.6 Å². The molecule has 0 bridgehead atoms. The van der Waals surface area contributed by atoms with Crippen molar-refractivity contribution in [1.29, 1.82) is 0 Å². The van der Waals surface area contributed by atoms with E-state index in [9.17, 15) is 13.2 Å². The molecule has 0 fully saturated rings. The lowest BCUT2D eigenvalue weighted by molar-refractivity contribution is -0.116.